The van der Waals surface area contributed by atoms with Crippen LogP contribution in [0.1, 0.15) is 5.56 Å². The summed E-state index contributed by atoms with van der Waals surface area (Å²) in [4.78, 5) is 20.3. The van der Waals surface area contributed by atoms with Crippen LogP contribution in [-0.4, -0.2) is 18.7 Å². The number of nitrogens with zero attached hydrogens (tertiary/aromatic N) is 2. The molecule has 0 spiro atoms. The normalized spacial score (nSPS) is 20.0. The van der Waals surface area contributed by atoms with Gasteiger partial charge in [-0.05, 0) is 12.1 Å². The average Bonchev–Trinajstić information content (AvgIpc) is 3.09. The van der Waals surface area contributed by atoms with Crippen LogP contribution in [0.4, 0.5) is 5.69 Å². The SMILES string of the molecule is CN1/C(=C2/C(=O)ON=C2c2ccccc2)Sc2ccccc21. The highest BCUT2D eigenvalue weighted by molar-refractivity contribution is 8.03. The maximum absolute atomic E-state index is 12.2. The zero-order chi connectivity index (χ0) is 15.1. The van der Waals surface area contributed by atoms with Gasteiger partial charge in [-0.25, -0.2) is 4.79 Å². The largest absolute Gasteiger partial charge is 0.370 e. The molecule has 0 radical (unpaired) electrons. The van der Waals surface area contributed by atoms with Crippen molar-refractivity contribution >= 4 is 29.1 Å². The zero-order valence-corrected chi connectivity index (χ0v) is 12.6. The molecule has 2 heterocycles. The molecule has 0 saturated heterocycles. The van der Waals surface area contributed by atoms with Crippen molar-refractivity contribution in [3.8, 4) is 0 Å². The minimum atomic E-state index is -0.402. The number of para-hydroxylation sites is 1. The molecule has 0 atom stereocenters. The highest BCUT2D eigenvalue weighted by Gasteiger charge is 2.35. The fourth-order valence-electron chi connectivity index (χ4n) is 2.58. The molecular weight excluding hydrogens is 296 g/mol. The molecular formula is C17H12N2O2S. The zero-order valence-electron chi connectivity index (χ0n) is 11.8. The van der Waals surface area contributed by atoms with Crippen LogP contribution >= 0.6 is 11.8 Å². The van der Waals surface area contributed by atoms with Crippen LogP contribution in [0.25, 0.3) is 0 Å². The first-order valence-corrected chi connectivity index (χ1v) is 7.67. The molecule has 2 aromatic carbocycles. The van der Waals surface area contributed by atoms with Crippen LogP contribution in [0.2, 0.25) is 0 Å². The molecule has 0 unspecified atom stereocenters. The molecule has 22 heavy (non-hydrogen) atoms. The summed E-state index contributed by atoms with van der Waals surface area (Å²) in [5, 5.41) is 4.83. The topological polar surface area (TPSA) is 41.9 Å². The fraction of sp³-hybridized carbons (Fsp3) is 0.0588. The van der Waals surface area contributed by atoms with Gasteiger partial charge in [-0.1, -0.05) is 59.4 Å². The van der Waals surface area contributed by atoms with E-state index >= 15 is 0 Å². The lowest BCUT2D eigenvalue weighted by Gasteiger charge is -2.15. The van der Waals surface area contributed by atoms with E-state index in [9.17, 15) is 4.79 Å². The molecule has 2 aliphatic rings. The number of benzene rings is 2. The van der Waals surface area contributed by atoms with Crippen LogP contribution in [0.15, 0.2) is 75.3 Å². The minimum Gasteiger partial charge on any atom is -0.337 e. The van der Waals surface area contributed by atoms with Crippen LogP contribution in [0.3, 0.4) is 0 Å². The summed E-state index contributed by atoms with van der Waals surface area (Å²) in [6.07, 6.45) is 0. The number of carbonyl (C=O) groups excluding carboxylic acids is 1. The van der Waals surface area contributed by atoms with E-state index < -0.39 is 5.97 Å². The van der Waals surface area contributed by atoms with Crippen molar-refractivity contribution in [3.63, 3.8) is 0 Å². The number of oxime groups is 1. The molecule has 0 saturated carbocycles. The minimum absolute atomic E-state index is 0.402. The summed E-state index contributed by atoms with van der Waals surface area (Å²) in [6, 6.07) is 17.7. The number of thioether (sulfide) groups is 1. The lowest BCUT2D eigenvalue weighted by molar-refractivity contribution is -0.136. The molecule has 5 heteroatoms. The third-order valence-electron chi connectivity index (χ3n) is 3.66. The first kappa shape index (κ1) is 13.2. The molecule has 0 aliphatic carbocycles. The van der Waals surface area contributed by atoms with E-state index in [2.05, 4.69) is 5.16 Å². The van der Waals surface area contributed by atoms with E-state index in [4.69, 9.17) is 4.84 Å². The van der Waals surface area contributed by atoms with E-state index in [1.165, 1.54) is 0 Å². The van der Waals surface area contributed by atoms with Gasteiger partial charge in [0.15, 0.2) is 0 Å². The summed E-state index contributed by atoms with van der Waals surface area (Å²) >= 11 is 1.57. The Morgan fingerprint density at radius 1 is 1.05 bits per heavy atom. The Labute approximate surface area is 132 Å². The first-order valence-electron chi connectivity index (χ1n) is 6.86. The molecule has 0 amide bonds. The molecule has 2 aromatic rings. The predicted molar refractivity (Wildman–Crippen MR) is 86.8 cm³/mol. The van der Waals surface area contributed by atoms with Gasteiger partial charge in [0.05, 0.1) is 10.7 Å². The van der Waals surface area contributed by atoms with Gasteiger partial charge in [-0.15, -0.1) is 0 Å². The molecule has 4 nitrogen and oxygen atoms in total. The van der Waals surface area contributed by atoms with Crippen molar-refractivity contribution < 1.29 is 9.63 Å². The van der Waals surface area contributed by atoms with Gasteiger partial charge in [0, 0.05) is 17.5 Å². The van der Waals surface area contributed by atoms with E-state index in [1.54, 1.807) is 11.8 Å². The first-order chi connectivity index (χ1) is 10.8. The lowest BCUT2D eigenvalue weighted by atomic mass is 10.0. The second-order valence-corrected chi connectivity index (χ2v) is 6.02. The predicted octanol–water partition coefficient (Wildman–Crippen LogP) is 3.40. The third-order valence-corrected chi connectivity index (χ3v) is 4.90. The maximum Gasteiger partial charge on any atom is 0.370 e. The van der Waals surface area contributed by atoms with Crippen LogP contribution in [-0.2, 0) is 9.63 Å². The molecule has 0 N–H and O–H groups in total. The highest BCUT2D eigenvalue weighted by Crippen LogP contribution is 2.47. The Bertz CT molecular complexity index is 828. The molecule has 0 fully saturated rings. The summed E-state index contributed by atoms with van der Waals surface area (Å²) in [5.41, 5.74) is 3.07. The molecule has 2 aliphatic heterocycles. The number of anilines is 1. The van der Waals surface area contributed by atoms with Gasteiger partial charge < -0.3 is 9.74 Å². The fourth-order valence-corrected chi connectivity index (χ4v) is 3.76. The molecule has 4 rings (SSSR count). The average molecular weight is 308 g/mol. The second-order valence-electron chi connectivity index (χ2n) is 4.99. The Hall–Kier alpha value is -2.53. The summed E-state index contributed by atoms with van der Waals surface area (Å²) < 4.78 is 0. The number of fused-ring (bicyclic) bond motifs is 1. The van der Waals surface area contributed by atoms with Crippen molar-refractivity contribution in [2.45, 2.75) is 4.90 Å². The van der Waals surface area contributed by atoms with Gasteiger partial charge in [-0.2, -0.15) is 0 Å². The van der Waals surface area contributed by atoms with Crippen LogP contribution in [0, 0.1) is 0 Å². The van der Waals surface area contributed by atoms with Gasteiger partial charge in [0.25, 0.3) is 0 Å². The summed E-state index contributed by atoms with van der Waals surface area (Å²) in [6.45, 7) is 0. The Morgan fingerprint density at radius 2 is 1.77 bits per heavy atom. The Balaban J connectivity index is 1.84. The lowest BCUT2D eigenvalue weighted by Crippen LogP contribution is -2.18. The summed E-state index contributed by atoms with van der Waals surface area (Å²) in [5.74, 6) is -0.402. The Kier molecular flexibility index (Phi) is 3.01. The van der Waals surface area contributed by atoms with Crippen LogP contribution in [0.5, 0.6) is 0 Å². The third kappa shape index (κ3) is 1.94. The maximum atomic E-state index is 12.2. The van der Waals surface area contributed by atoms with E-state index in [0.29, 0.717) is 11.3 Å². The van der Waals surface area contributed by atoms with Gasteiger partial charge >= 0.3 is 5.97 Å². The van der Waals surface area contributed by atoms with Crippen molar-refractivity contribution in [1.29, 1.82) is 0 Å². The van der Waals surface area contributed by atoms with Crippen molar-refractivity contribution in [3.05, 3.63) is 70.8 Å². The number of hydrogen-bond donors (Lipinski definition) is 0. The van der Waals surface area contributed by atoms with Crippen molar-refractivity contribution in [2.24, 2.45) is 5.16 Å². The molecule has 0 aromatic heterocycles. The van der Waals surface area contributed by atoms with E-state index in [-0.39, 0.29) is 0 Å². The number of hydrogen-bond acceptors (Lipinski definition) is 5. The van der Waals surface area contributed by atoms with Crippen molar-refractivity contribution in [2.75, 3.05) is 11.9 Å². The van der Waals surface area contributed by atoms with Crippen LogP contribution < -0.4 is 4.90 Å². The highest BCUT2D eigenvalue weighted by atomic mass is 32.2. The number of rotatable bonds is 1. The summed E-state index contributed by atoms with van der Waals surface area (Å²) in [7, 11) is 1.95. The standard InChI is InChI=1S/C17H12N2O2S/c1-19-12-9-5-6-10-13(12)22-16(19)14-15(18-21-17(14)20)11-7-3-2-4-8-11/h2-10H,1H3/b16-14-. The second kappa shape index (κ2) is 5.03. The van der Waals surface area contributed by atoms with Gasteiger partial charge in [0.2, 0.25) is 0 Å². The monoisotopic (exact) mass is 308 g/mol. The molecule has 108 valence electrons. The van der Waals surface area contributed by atoms with E-state index in [0.717, 1.165) is 21.2 Å². The van der Waals surface area contributed by atoms with Gasteiger partial charge in [0.1, 0.15) is 11.3 Å². The Morgan fingerprint density at radius 3 is 2.55 bits per heavy atom. The van der Waals surface area contributed by atoms with E-state index in [1.807, 2.05) is 66.5 Å². The van der Waals surface area contributed by atoms with Crippen molar-refractivity contribution in [1.82, 2.24) is 0 Å². The number of carbonyl (C=O) groups is 1. The quantitative estimate of drug-likeness (QED) is 0.598. The molecule has 0 bridgehead atoms. The van der Waals surface area contributed by atoms with Gasteiger partial charge in [-0.3, -0.25) is 0 Å². The smallest absolute Gasteiger partial charge is 0.337 e.